The highest BCUT2D eigenvalue weighted by Gasteiger charge is 2.38. The molecule has 1 aliphatic carbocycles. The van der Waals surface area contributed by atoms with Gasteiger partial charge in [-0.15, -0.1) is 0 Å². The topological polar surface area (TPSA) is 151 Å². The van der Waals surface area contributed by atoms with Gasteiger partial charge in [0.2, 0.25) is 11.6 Å². The number of ether oxygens (including phenoxy) is 2. The van der Waals surface area contributed by atoms with Crippen molar-refractivity contribution in [1.29, 1.82) is 0 Å². The molecule has 0 bridgehead atoms. The Hall–Kier alpha value is -5.64. The number of hydrogen-bond acceptors (Lipinski definition) is 8. The van der Waals surface area contributed by atoms with E-state index >= 15 is 0 Å². The first-order valence-electron chi connectivity index (χ1n) is 12.0. The number of fused-ring (bicyclic) bond motifs is 2. The van der Waals surface area contributed by atoms with Crippen molar-refractivity contribution in [2.75, 3.05) is 24.9 Å². The van der Waals surface area contributed by atoms with Crippen LogP contribution in [0.3, 0.4) is 0 Å². The number of hydrogen-bond donors (Lipinski definition) is 4. The molecule has 0 unspecified atom stereocenters. The molecule has 5 rings (SSSR count). The number of benzene rings is 4. The van der Waals surface area contributed by atoms with Crippen LogP contribution in [0.2, 0.25) is 0 Å². The molecule has 4 aromatic carbocycles. The van der Waals surface area contributed by atoms with E-state index in [1.807, 2.05) is 0 Å². The zero-order valence-electron chi connectivity index (χ0n) is 21.3. The predicted octanol–water partition coefficient (Wildman–Crippen LogP) is 4.40. The van der Waals surface area contributed by atoms with Crippen LogP contribution in [0, 0.1) is 0 Å². The highest BCUT2D eigenvalue weighted by atomic mass is 16.5. The lowest BCUT2D eigenvalue weighted by atomic mass is 9.81. The summed E-state index contributed by atoms with van der Waals surface area (Å²) in [5.41, 5.74) is -1.14. The second-order valence-corrected chi connectivity index (χ2v) is 8.73. The number of phenolic OH excluding ortho intramolecular Hbond substituents is 2. The number of phenols is 2. The van der Waals surface area contributed by atoms with Crippen LogP contribution in [0.4, 0.5) is 11.4 Å². The third-order valence-electron chi connectivity index (χ3n) is 6.47. The number of aromatic hydroxyl groups is 2. The van der Waals surface area contributed by atoms with Crippen LogP contribution in [0.25, 0.3) is 0 Å². The van der Waals surface area contributed by atoms with Gasteiger partial charge in [0, 0.05) is 0 Å². The Morgan fingerprint density at radius 3 is 1.32 bits per heavy atom. The minimum Gasteiger partial charge on any atom is -0.507 e. The SMILES string of the molecule is COc1ccccc1C(=O)Nc1ccc(O)c2c1C(=O)c1c(O)ccc(NC(=O)c3ccccc3OC)c1C2=O. The van der Waals surface area contributed by atoms with Gasteiger partial charge >= 0.3 is 0 Å². The van der Waals surface area contributed by atoms with Gasteiger partial charge in [-0.05, 0) is 48.5 Å². The smallest absolute Gasteiger partial charge is 0.259 e. The molecule has 0 atom stereocenters. The number of carbonyl (C=O) groups is 4. The first kappa shape index (κ1) is 26.0. The maximum absolute atomic E-state index is 13.8. The van der Waals surface area contributed by atoms with Gasteiger partial charge in [-0.3, -0.25) is 19.2 Å². The maximum Gasteiger partial charge on any atom is 0.259 e. The zero-order valence-corrected chi connectivity index (χ0v) is 21.3. The van der Waals surface area contributed by atoms with E-state index in [0.717, 1.165) is 0 Å². The van der Waals surface area contributed by atoms with Crippen LogP contribution in [0.15, 0.2) is 72.8 Å². The summed E-state index contributed by atoms with van der Waals surface area (Å²) in [6, 6.07) is 17.7. The molecule has 10 heteroatoms. The molecule has 4 N–H and O–H groups in total. The lowest BCUT2D eigenvalue weighted by Crippen LogP contribution is -2.26. The molecule has 0 saturated heterocycles. The van der Waals surface area contributed by atoms with Crippen molar-refractivity contribution in [3.63, 3.8) is 0 Å². The predicted molar refractivity (Wildman–Crippen MR) is 145 cm³/mol. The van der Waals surface area contributed by atoms with Crippen LogP contribution < -0.4 is 20.1 Å². The normalized spacial score (nSPS) is 11.8. The van der Waals surface area contributed by atoms with Gasteiger partial charge in [0.1, 0.15) is 23.0 Å². The monoisotopic (exact) mass is 538 g/mol. The summed E-state index contributed by atoms with van der Waals surface area (Å²) in [5, 5.41) is 26.5. The summed E-state index contributed by atoms with van der Waals surface area (Å²) in [6.45, 7) is 0. The molecular weight excluding hydrogens is 516 g/mol. The van der Waals surface area contributed by atoms with E-state index < -0.39 is 34.9 Å². The zero-order chi connectivity index (χ0) is 28.6. The lowest BCUT2D eigenvalue weighted by Gasteiger charge is -2.24. The third kappa shape index (κ3) is 4.27. The van der Waals surface area contributed by atoms with Crippen LogP contribution in [-0.4, -0.2) is 47.8 Å². The molecule has 1 aliphatic rings. The largest absolute Gasteiger partial charge is 0.507 e. The Morgan fingerprint density at radius 1 is 0.575 bits per heavy atom. The number of ketones is 2. The van der Waals surface area contributed by atoms with E-state index in [2.05, 4.69) is 10.6 Å². The van der Waals surface area contributed by atoms with E-state index in [4.69, 9.17) is 9.47 Å². The molecule has 10 nitrogen and oxygen atoms in total. The molecule has 4 aromatic rings. The van der Waals surface area contributed by atoms with Crippen molar-refractivity contribution >= 4 is 34.8 Å². The summed E-state index contributed by atoms with van der Waals surface area (Å²) < 4.78 is 10.5. The number of methoxy groups -OCH3 is 2. The quantitative estimate of drug-likeness (QED) is 0.232. The molecule has 0 aliphatic heterocycles. The molecule has 0 radical (unpaired) electrons. The van der Waals surface area contributed by atoms with E-state index in [1.165, 1.54) is 50.6 Å². The highest BCUT2D eigenvalue weighted by Crippen LogP contribution is 2.42. The molecule has 2 amide bonds. The fraction of sp³-hybridized carbons (Fsp3) is 0.0667. The molecule has 40 heavy (non-hydrogen) atoms. The fourth-order valence-corrected chi connectivity index (χ4v) is 4.62. The number of carbonyl (C=O) groups excluding carboxylic acids is 4. The van der Waals surface area contributed by atoms with Gasteiger partial charge in [0.15, 0.2) is 0 Å². The van der Waals surface area contributed by atoms with Gasteiger partial charge in [0.25, 0.3) is 11.8 Å². The van der Waals surface area contributed by atoms with E-state index in [9.17, 15) is 29.4 Å². The van der Waals surface area contributed by atoms with Crippen LogP contribution in [0.1, 0.15) is 52.6 Å². The summed E-state index contributed by atoms with van der Waals surface area (Å²) in [5.74, 6) is -3.37. The Balaban J connectivity index is 1.58. The van der Waals surface area contributed by atoms with E-state index in [-0.39, 0.29) is 56.3 Å². The minimum absolute atomic E-state index is 0.0597. The number of amides is 2. The van der Waals surface area contributed by atoms with Crippen molar-refractivity contribution in [2.45, 2.75) is 0 Å². The third-order valence-corrected chi connectivity index (χ3v) is 6.47. The standard InChI is InChI=1S/C30H22N2O8/c1-39-21-9-5-3-7-15(21)29(37)31-17-11-13-19(33)25-23(17)27(35)26-20(34)14-12-18(24(26)28(25)36)32-30(38)16-8-4-6-10-22(16)40-2/h3-14,33-34H,1-2H3,(H,31,37)(H,32,38). The summed E-state index contributed by atoms with van der Waals surface area (Å²) in [7, 11) is 2.81. The molecular formula is C30H22N2O8. The number of para-hydroxylation sites is 2. The van der Waals surface area contributed by atoms with Crippen molar-refractivity contribution in [3.05, 3.63) is 106 Å². The number of nitrogens with one attached hydrogen (secondary N) is 2. The molecule has 0 fully saturated rings. The summed E-state index contributed by atoms with van der Waals surface area (Å²) in [4.78, 5) is 53.7. The van der Waals surface area contributed by atoms with Crippen molar-refractivity contribution in [1.82, 2.24) is 0 Å². The Bertz CT molecular complexity index is 1600. The molecule has 0 saturated carbocycles. The Kier molecular flexibility index (Phi) is 6.66. The van der Waals surface area contributed by atoms with Crippen LogP contribution in [-0.2, 0) is 0 Å². The van der Waals surface area contributed by atoms with Crippen LogP contribution >= 0.6 is 0 Å². The molecule has 0 heterocycles. The van der Waals surface area contributed by atoms with Gasteiger partial charge in [-0.1, -0.05) is 24.3 Å². The van der Waals surface area contributed by atoms with Gasteiger partial charge < -0.3 is 30.3 Å². The lowest BCUT2D eigenvalue weighted by molar-refractivity contribution is 0.0973. The number of rotatable bonds is 6. The molecule has 0 spiro atoms. The van der Waals surface area contributed by atoms with Crippen LogP contribution in [0.5, 0.6) is 23.0 Å². The number of anilines is 2. The average Bonchev–Trinajstić information content (AvgIpc) is 2.97. The first-order chi connectivity index (χ1) is 19.3. The summed E-state index contributed by atoms with van der Waals surface area (Å²) in [6.07, 6.45) is 0. The second kappa shape index (κ2) is 10.3. The van der Waals surface area contributed by atoms with E-state index in [0.29, 0.717) is 0 Å². The van der Waals surface area contributed by atoms with Gasteiger partial charge in [0.05, 0.1) is 59.0 Å². The van der Waals surface area contributed by atoms with Gasteiger partial charge in [-0.25, -0.2) is 0 Å². The first-order valence-corrected chi connectivity index (χ1v) is 12.0. The van der Waals surface area contributed by atoms with Crippen molar-refractivity contribution in [3.8, 4) is 23.0 Å². The highest BCUT2D eigenvalue weighted by molar-refractivity contribution is 6.34. The summed E-state index contributed by atoms with van der Waals surface area (Å²) >= 11 is 0. The fourth-order valence-electron chi connectivity index (χ4n) is 4.62. The maximum atomic E-state index is 13.8. The second-order valence-electron chi connectivity index (χ2n) is 8.73. The van der Waals surface area contributed by atoms with Crippen molar-refractivity contribution in [2.24, 2.45) is 0 Å². The minimum atomic E-state index is -0.832. The van der Waals surface area contributed by atoms with E-state index in [1.54, 1.807) is 36.4 Å². The Morgan fingerprint density at radius 2 is 0.950 bits per heavy atom. The molecule has 200 valence electrons. The van der Waals surface area contributed by atoms with Gasteiger partial charge in [-0.2, -0.15) is 0 Å². The molecule has 0 aromatic heterocycles. The Labute approximate surface area is 227 Å². The van der Waals surface area contributed by atoms with Crippen molar-refractivity contribution < 1.29 is 38.9 Å². The average molecular weight is 539 g/mol.